The van der Waals surface area contributed by atoms with Crippen molar-refractivity contribution < 1.29 is 19.0 Å². The van der Waals surface area contributed by atoms with Crippen LogP contribution in [0.4, 0.5) is 10.1 Å². The molecule has 0 aliphatic heterocycles. The van der Waals surface area contributed by atoms with Crippen molar-refractivity contribution in [2.45, 2.75) is 6.92 Å². The number of esters is 1. The van der Waals surface area contributed by atoms with E-state index in [-0.39, 0.29) is 12.3 Å². The first kappa shape index (κ1) is 14.3. The second kappa shape index (κ2) is 6.85. The first-order chi connectivity index (χ1) is 8.58. The maximum absolute atomic E-state index is 13.4. The zero-order valence-corrected chi connectivity index (χ0v) is 11.0. The molecule has 0 aromatic heterocycles. The summed E-state index contributed by atoms with van der Waals surface area (Å²) in [6, 6.07) is 4.16. The highest BCUT2D eigenvalue weighted by molar-refractivity contribution is 9.10. The Bertz CT molecular complexity index is 503. The van der Waals surface area contributed by atoms with Crippen LogP contribution in [0.1, 0.15) is 6.92 Å². The number of carbonyl (C=O) groups excluding carboxylic acids is 1. The molecule has 1 aromatic carbocycles. The Morgan fingerprint density at radius 2 is 2.33 bits per heavy atom. The van der Waals surface area contributed by atoms with Crippen LogP contribution >= 0.6 is 15.9 Å². The van der Waals surface area contributed by atoms with Crippen molar-refractivity contribution in [1.29, 1.82) is 0 Å². The summed E-state index contributed by atoms with van der Waals surface area (Å²) in [5.41, 5.74) is -0.457. The minimum atomic E-state index is -0.832. The first-order valence-corrected chi connectivity index (χ1v) is 5.76. The third-order valence-electron chi connectivity index (χ3n) is 1.78. The SMILES string of the molecule is CCOC(=O)/C(=C\O)N=Nc1ccc(Br)cc1F. The molecule has 1 rings (SSSR count). The van der Waals surface area contributed by atoms with Crippen LogP contribution in [-0.2, 0) is 9.53 Å². The third-order valence-corrected chi connectivity index (χ3v) is 2.28. The van der Waals surface area contributed by atoms with Gasteiger partial charge in [-0.3, -0.25) is 0 Å². The molecular formula is C11H10BrFN2O3. The van der Waals surface area contributed by atoms with Crippen LogP contribution in [0.15, 0.2) is 44.9 Å². The topological polar surface area (TPSA) is 71.2 Å². The van der Waals surface area contributed by atoms with Crippen LogP contribution in [0.3, 0.4) is 0 Å². The quantitative estimate of drug-likeness (QED) is 0.399. The molecule has 0 spiro atoms. The molecular weight excluding hydrogens is 307 g/mol. The minimum absolute atomic E-state index is 0.0538. The fourth-order valence-electron chi connectivity index (χ4n) is 0.994. The monoisotopic (exact) mass is 316 g/mol. The summed E-state index contributed by atoms with van der Waals surface area (Å²) in [5.74, 6) is -1.43. The highest BCUT2D eigenvalue weighted by Gasteiger charge is 2.10. The van der Waals surface area contributed by atoms with E-state index >= 15 is 0 Å². The molecule has 0 amide bonds. The van der Waals surface area contributed by atoms with Crippen LogP contribution in [0.2, 0.25) is 0 Å². The number of halogens is 2. The normalized spacial score (nSPS) is 11.8. The number of carbonyl (C=O) groups is 1. The predicted molar refractivity (Wildman–Crippen MR) is 66.0 cm³/mol. The van der Waals surface area contributed by atoms with Gasteiger partial charge in [0.25, 0.3) is 0 Å². The Labute approximate surface area is 111 Å². The second-order valence-corrected chi connectivity index (χ2v) is 3.95. The van der Waals surface area contributed by atoms with Crippen molar-refractivity contribution in [3.63, 3.8) is 0 Å². The molecule has 7 heteroatoms. The van der Waals surface area contributed by atoms with Gasteiger partial charge in [0.15, 0.2) is 5.82 Å². The van der Waals surface area contributed by atoms with Crippen molar-refractivity contribution in [3.05, 3.63) is 40.4 Å². The molecule has 0 bridgehead atoms. The van der Waals surface area contributed by atoms with E-state index in [1.54, 1.807) is 13.0 Å². The molecule has 0 radical (unpaired) electrons. The van der Waals surface area contributed by atoms with Crippen molar-refractivity contribution in [2.24, 2.45) is 10.2 Å². The van der Waals surface area contributed by atoms with E-state index in [9.17, 15) is 9.18 Å². The van der Waals surface area contributed by atoms with Gasteiger partial charge in [-0.05, 0) is 25.1 Å². The summed E-state index contributed by atoms with van der Waals surface area (Å²) < 4.78 is 18.5. The lowest BCUT2D eigenvalue weighted by Gasteiger charge is -2.00. The summed E-state index contributed by atoms with van der Waals surface area (Å²) in [6.07, 6.45) is 0.457. The van der Waals surface area contributed by atoms with Gasteiger partial charge in [-0.2, -0.15) is 0 Å². The molecule has 5 nitrogen and oxygen atoms in total. The number of nitrogens with zero attached hydrogens (tertiary/aromatic N) is 2. The van der Waals surface area contributed by atoms with Crippen molar-refractivity contribution in [3.8, 4) is 0 Å². The number of hydrogen-bond acceptors (Lipinski definition) is 5. The van der Waals surface area contributed by atoms with E-state index in [4.69, 9.17) is 5.11 Å². The summed E-state index contributed by atoms with van der Waals surface area (Å²) in [4.78, 5) is 11.2. The Morgan fingerprint density at radius 3 is 2.89 bits per heavy atom. The maximum Gasteiger partial charge on any atom is 0.362 e. The maximum atomic E-state index is 13.4. The zero-order chi connectivity index (χ0) is 13.5. The Hall–Kier alpha value is -1.76. The fourth-order valence-corrected chi connectivity index (χ4v) is 1.33. The Morgan fingerprint density at radius 1 is 1.61 bits per heavy atom. The summed E-state index contributed by atoms with van der Waals surface area (Å²) in [5, 5.41) is 15.7. The molecule has 0 unspecified atom stereocenters. The summed E-state index contributed by atoms with van der Waals surface area (Å²) >= 11 is 3.10. The molecule has 0 saturated heterocycles. The van der Waals surface area contributed by atoms with Gasteiger partial charge in [-0.25, -0.2) is 9.18 Å². The zero-order valence-electron chi connectivity index (χ0n) is 9.43. The van der Waals surface area contributed by atoms with Gasteiger partial charge in [0.1, 0.15) is 11.9 Å². The van der Waals surface area contributed by atoms with E-state index in [1.807, 2.05) is 0 Å². The largest absolute Gasteiger partial charge is 0.513 e. The molecule has 0 fully saturated rings. The number of benzene rings is 1. The van der Waals surface area contributed by atoms with E-state index in [0.717, 1.165) is 0 Å². The first-order valence-electron chi connectivity index (χ1n) is 4.96. The number of rotatable bonds is 4. The van der Waals surface area contributed by atoms with Gasteiger partial charge in [-0.15, -0.1) is 10.2 Å². The van der Waals surface area contributed by atoms with Gasteiger partial charge in [0.2, 0.25) is 5.70 Å². The molecule has 0 aliphatic carbocycles. The molecule has 0 aliphatic rings. The predicted octanol–water partition coefficient (Wildman–Crippen LogP) is 3.63. The van der Waals surface area contributed by atoms with Crippen LogP contribution in [0.5, 0.6) is 0 Å². The van der Waals surface area contributed by atoms with E-state index in [2.05, 4.69) is 30.9 Å². The summed E-state index contributed by atoms with van der Waals surface area (Å²) in [6.45, 7) is 1.75. The van der Waals surface area contributed by atoms with Gasteiger partial charge in [0.05, 0.1) is 6.61 Å². The van der Waals surface area contributed by atoms with Gasteiger partial charge in [0, 0.05) is 4.47 Å². The number of hydrogen-bond donors (Lipinski definition) is 1. The average molecular weight is 317 g/mol. The molecule has 18 heavy (non-hydrogen) atoms. The number of ether oxygens (including phenoxy) is 1. The minimum Gasteiger partial charge on any atom is -0.513 e. The second-order valence-electron chi connectivity index (χ2n) is 3.03. The number of azo groups is 1. The van der Waals surface area contributed by atoms with E-state index < -0.39 is 17.5 Å². The molecule has 96 valence electrons. The molecule has 0 heterocycles. The molecule has 0 atom stereocenters. The van der Waals surface area contributed by atoms with E-state index in [1.165, 1.54) is 12.1 Å². The van der Waals surface area contributed by atoms with Crippen molar-refractivity contribution in [1.82, 2.24) is 0 Å². The lowest BCUT2D eigenvalue weighted by Crippen LogP contribution is -2.05. The van der Waals surface area contributed by atoms with Gasteiger partial charge < -0.3 is 9.84 Å². The molecule has 1 N–H and O–H groups in total. The smallest absolute Gasteiger partial charge is 0.362 e. The number of aliphatic hydroxyl groups is 1. The Balaban J connectivity index is 2.88. The number of aliphatic hydroxyl groups excluding tert-OH is 1. The van der Waals surface area contributed by atoms with Crippen LogP contribution in [0, 0.1) is 5.82 Å². The lowest BCUT2D eigenvalue weighted by atomic mass is 10.3. The Kier molecular flexibility index (Phi) is 5.44. The van der Waals surface area contributed by atoms with Crippen LogP contribution in [0.25, 0.3) is 0 Å². The highest BCUT2D eigenvalue weighted by atomic mass is 79.9. The third kappa shape index (κ3) is 3.92. The van der Waals surface area contributed by atoms with Crippen LogP contribution < -0.4 is 0 Å². The average Bonchev–Trinajstić information content (AvgIpc) is 2.32. The standard InChI is InChI=1S/C11H10BrFN2O3/c1-2-18-11(17)10(6-16)15-14-9-4-3-7(12)5-8(9)13/h3-6,16H,2H2,1H3/b10-6+,15-14?. The van der Waals surface area contributed by atoms with Crippen molar-refractivity contribution in [2.75, 3.05) is 6.61 Å². The molecule has 0 saturated carbocycles. The lowest BCUT2D eigenvalue weighted by molar-refractivity contribution is -0.138. The van der Waals surface area contributed by atoms with Gasteiger partial charge >= 0.3 is 5.97 Å². The van der Waals surface area contributed by atoms with Gasteiger partial charge in [-0.1, -0.05) is 15.9 Å². The fraction of sp³-hybridized carbons (Fsp3) is 0.182. The van der Waals surface area contributed by atoms with Crippen LogP contribution in [-0.4, -0.2) is 17.7 Å². The summed E-state index contributed by atoms with van der Waals surface area (Å²) in [7, 11) is 0. The highest BCUT2D eigenvalue weighted by Crippen LogP contribution is 2.22. The van der Waals surface area contributed by atoms with Crippen molar-refractivity contribution >= 4 is 27.6 Å². The van der Waals surface area contributed by atoms with E-state index in [0.29, 0.717) is 10.7 Å². The molecule has 1 aromatic rings.